The van der Waals surface area contributed by atoms with Crippen molar-refractivity contribution < 1.29 is 14.3 Å². The minimum absolute atomic E-state index is 0.132. The van der Waals surface area contributed by atoms with Gasteiger partial charge in [0.25, 0.3) is 5.91 Å². The number of rotatable bonds is 5. The molecule has 3 aromatic rings. The molecule has 23 heavy (non-hydrogen) atoms. The van der Waals surface area contributed by atoms with Crippen molar-refractivity contribution in [2.45, 2.75) is 0 Å². The van der Waals surface area contributed by atoms with Gasteiger partial charge in [-0.3, -0.25) is 4.79 Å². The quantitative estimate of drug-likeness (QED) is 0.784. The number of carbonyl (C=O) groups is 1. The zero-order chi connectivity index (χ0) is 16.1. The molecule has 6 heteroatoms. The minimum atomic E-state index is -0.266. The van der Waals surface area contributed by atoms with Crippen LogP contribution in [0.3, 0.4) is 0 Å². The lowest BCUT2D eigenvalue weighted by Gasteiger charge is -2.09. The molecule has 0 aliphatic heterocycles. The minimum Gasteiger partial charge on any atom is -0.497 e. The number of amides is 1. The van der Waals surface area contributed by atoms with Crippen LogP contribution in [0.4, 0.5) is 5.69 Å². The van der Waals surface area contributed by atoms with Gasteiger partial charge in [-0.05, 0) is 36.4 Å². The molecule has 0 spiro atoms. The van der Waals surface area contributed by atoms with E-state index in [1.54, 1.807) is 31.4 Å². The van der Waals surface area contributed by atoms with Crippen LogP contribution >= 0.6 is 0 Å². The van der Waals surface area contributed by atoms with Gasteiger partial charge in [-0.2, -0.15) is 0 Å². The number of anilines is 1. The van der Waals surface area contributed by atoms with E-state index in [2.05, 4.69) is 15.3 Å². The van der Waals surface area contributed by atoms with Gasteiger partial charge in [0.2, 0.25) is 5.88 Å². The number of hydrogen-bond acceptors (Lipinski definition) is 5. The molecule has 0 saturated heterocycles. The van der Waals surface area contributed by atoms with Crippen molar-refractivity contribution in [2.24, 2.45) is 0 Å². The number of ether oxygens (including phenoxy) is 2. The summed E-state index contributed by atoms with van der Waals surface area (Å²) in [6.45, 7) is -0.132. The van der Waals surface area contributed by atoms with Crippen molar-refractivity contribution in [3.8, 4) is 11.6 Å². The first-order chi connectivity index (χ1) is 11.3. The molecule has 0 fully saturated rings. The highest BCUT2D eigenvalue weighted by atomic mass is 16.5. The van der Waals surface area contributed by atoms with E-state index in [0.717, 1.165) is 16.7 Å². The fraction of sp³-hybridized carbons (Fsp3) is 0.118. The molecule has 1 amide bonds. The third kappa shape index (κ3) is 3.55. The monoisotopic (exact) mass is 309 g/mol. The molecule has 0 radical (unpaired) electrons. The topological polar surface area (TPSA) is 73.3 Å². The summed E-state index contributed by atoms with van der Waals surface area (Å²) in [5.74, 6) is 0.852. The number of nitrogens with one attached hydrogen (secondary N) is 1. The molecule has 0 saturated carbocycles. The van der Waals surface area contributed by atoms with E-state index in [0.29, 0.717) is 11.6 Å². The molecule has 6 nitrogen and oxygen atoms in total. The Hall–Kier alpha value is -3.15. The van der Waals surface area contributed by atoms with Gasteiger partial charge in [-0.25, -0.2) is 9.97 Å². The number of hydrogen-bond donors (Lipinski definition) is 1. The lowest BCUT2D eigenvalue weighted by atomic mass is 10.2. The Morgan fingerprint density at radius 2 is 1.87 bits per heavy atom. The summed E-state index contributed by atoms with van der Waals surface area (Å²) in [7, 11) is 1.59. The maximum atomic E-state index is 12.0. The Labute approximate surface area is 133 Å². The molecule has 0 atom stereocenters. The summed E-state index contributed by atoms with van der Waals surface area (Å²) in [6.07, 6.45) is 1.42. The standard InChI is InChI=1S/C17H15N3O3/c1-22-13-8-6-12(7-9-13)20-16(21)10-23-17-14-4-2-3-5-15(14)18-11-19-17/h2-9,11H,10H2,1H3,(H,20,21). The summed E-state index contributed by atoms with van der Waals surface area (Å²) in [6, 6.07) is 14.5. The largest absolute Gasteiger partial charge is 0.497 e. The van der Waals surface area contributed by atoms with Gasteiger partial charge in [0, 0.05) is 5.69 Å². The Bertz CT molecular complexity index is 813. The zero-order valence-electron chi connectivity index (χ0n) is 12.5. The van der Waals surface area contributed by atoms with Crippen LogP contribution in [0.15, 0.2) is 54.9 Å². The molecule has 0 aliphatic carbocycles. The molecule has 1 heterocycles. The van der Waals surface area contributed by atoms with E-state index in [4.69, 9.17) is 9.47 Å². The van der Waals surface area contributed by atoms with E-state index < -0.39 is 0 Å². The maximum absolute atomic E-state index is 12.0. The average molecular weight is 309 g/mol. The second-order valence-electron chi connectivity index (χ2n) is 4.76. The van der Waals surface area contributed by atoms with Crippen LogP contribution in [0.5, 0.6) is 11.6 Å². The van der Waals surface area contributed by atoms with Crippen molar-refractivity contribution in [1.82, 2.24) is 9.97 Å². The van der Waals surface area contributed by atoms with Gasteiger partial charge in [-0.15, -0.1) is 0 Å². The number of benzene rings is 2. The number of nitrogens with zero attached hydrogens (tertiary/aromatic N) is 2. The van der Waals surface area contributed by atoms with Crippen LogP contribution in [0.2, 0.25) is 0 Å². The summed E-state index contributed by atoms with van der Waals surface area (Å²) in [5.41, 5.74) is 1.44. The van der Waals surface area contributed by atoms with E-state index in [-0.39, 0.29) is 12.5 Å². The first-order valence-corrected chi connectivity index (χ1v) is 7.03. The van der Waals surface area contributed by atoms with Gasteiger partial charge in [0.05, 0.1) is 18.0 Å². The second-order valence-corrected chi connectivity index (χ2v) is 4.76. The fourth-order valence-electron chi connectivity index (χ4n) is 2.10. The molecule has 1 aromatic heterocycles. The van der Waals surface area contributed by atoms with Gasteiger partial charge >= 0.3 is 0 Å². The SMILES string of the molecule is COc1ccc(NC(=O)COc2ncnc3ccccc23)cc1. The molecule has 0 aliphatic rings. The normalized spacial score (nSPS) is 10.3. The third-order valence-corrected chi connectivity index (χ3v) is 3.22. The van der Waals surface area contributed by atoms with E-state index in [1.165, 1.54) is 6.33 Å². The summed E-state index contributed by atoms with van der Waals surface area (Å²) >= 11 is 0. The molecule has 1 N–H and O–H groups in total. The zero-order valence-corrected chi connectivity index (χ0v) is 12.5. The van der Waals surface area contributed by atoms with E-state index in [1.807, 2.05) is 24.3 Å². The summed E-state index contributed by atoms with van der Waals surface area (Å²) in [4.78, 5) is 20.2. The molecule has 3 rings (SSSR count). The van der Waals surface area contributed by atoms with Crippen LogP contribution in [-0.4, -0.2) is 29.6 Å². The Morgan fingerprint density at radius 3 is 2.65 bits per heavy atom. The highest BCUT2D eigenvalue weighted by Crippen LogP contribution is 2.20. The maximum Gasteiger partial charge on any atom is 0.262 e. The van der Waals surface area contributed by atoms with Crippen molar-refractivity contribution in [1.29, 1.82) is 0 Å². The summed E-state index contributed by atoms with van der Waals surface area (Å²) < 4.78 is 10.6. The molecule has 0 unspecified atom stereocenters. The predicted molar refractivity (Wildman–Crippen MR) is 86.7 cm³/mol. The molecular weight excluding hydrogens is 294 g/mol. The molecule has 116 valence electrons. The van der Waals surface area contributed by atoms with Gasteiger partial charge in [-0.1, -0.05) is 12.1 Å². The third-order valence-electron chi connectivity index (χ3n) is 3.22. The Balaban J connectivity index is 1.63. The molecular formula is C17H15N3O3. The number of para-hydroxylation sites is 1. The number of fused-ring (bicyclic) bond motifs is 1. The van der Waals surface area contributed by atoms with Crippen LogP contribution in [0.1, 0.15) is 0 Å². The van der Waals surface area contributed by atoms with Crippen molar-refractivity contribution in [3.63, 3.8) is 0 Å². The molecule has 0 bridgehead atoms. The highest BCUT2D eigenvalue weighted by Gasteiger charge is 2.08. The smallest absolute Gasteiger partial charge is 0.262 e. The van der Waals surface area contributed by atoms with Crippen LogP contribution < -0.4 is 14.8 Å². The Morgan fingerprint density at radius 1 is 1.09 bits per heavy atom. The van der Waals surface area contributed by atoms with Crippen LogP contribution in [0.25, 0.3) is 10.9 Å². The van der Waals surface area contributed by atoms with Crippen LogP contribution in [-0.2, 0) is 4.79 Å². The molecule has 2 aromatic carbocycles. The predicted octanol–water partition coefficient (Wildman–Crippen LogP) is 2.66. The van der Waals surface area contributed by atoms with Gasteiger partial charge in [0.1, 0.15) is 12.1 Å². The first-order valence-electron chi connectivity index (χ1n) is 7.03. The van der Waals surface area contributed by atoms with Gasteiger partial charge < -0.3 is 14.8 Å². The first kappa shape index (κ1) is 14.8. The average Bonchev–Trinajstić information content (AvgIpc) is 2.60. The highest BCUT2D eigenvalue weighted by molar-refractivity contribution is 5.92. The van der Waals surface area contributed by atoms with Gasteiger partial charge in [0.15, 0.2) is 6.61 Å². The number of aromatic nitrogens is 2. The van der Waals surface area contributed by atoms with Crippen LogP contribution in [0, 0.1) is 0 Å². The van der Waals surface area contributed by atoms with Crippen molar-refractivity contribution in [2.75, 3.05) is 19.0 Å². The number of methoxy groups -OCH3 is 1. The number of carbonyl (C=O) groups excluding carboxylic acids is 1. The second kappa shape index (κ2) is 6.74. The van der Waals surface area contributed by atoms with E-state index in [9.17, 15) is 4.79 Å². The lowest BCUT2D eigenvalue weighted by molar-refractivity contribution is -0.118. The van der Waals surface area contributed by atoms with Crippen molar-refractivity contribution >= 4 is 22.5 Å². The Kier molecular flexibility index (Phi) is 4.33. The lowest BCUT2D eigenvalue weighted by Crippen LogP contribution is -2.20. The fourth-order valence-corrected chi connectivity index (χ4v) is 2.10. The summed E-state index contributed by atoms with van der Waals surface area (Å²) in [5, 5.41) is 3.52. The van der Waals surface area contributed by atoms with E-state index >= 15 is 0 Å². The van der Waals surface area contributed by atoms with Crippen molar-refractivity contribution in [3.05, 3.63) is 54.9 Å².